The van der Waals surface area contributed by atoms with Crippen molar-refractivity contribution in [2.45, 2.75) is 19.4 Å². The number of nitrogens with zero attached hydrogens (tertiary/aromatic N) is 2. The molecule has 104 valence electrons. The molecule has 4 heteroatoms. The van der Waals surface area contributed by atoms with Gasteiger partial charge in [-0.1, -0.05) is 18.2 Å². The van der Waals surface area contributed by atoms with Crippen LogP contribution < -0.4 is 4.74 Å². The van der Waals surface area contributed by atoms with Crippen LogP contribution in [0.4, 0.5) is 0 Å². The van der Waals surface area contributed by atoms with Crippen LogP contribution in [0, 0.1) is 22.7 Å². The normalized spacial score (nSPS) is 11.2. The Morgan fingerprint density at radius 1 is 1.14 bits per heavy atom. The van der Waals surface area contributed by atoms with E-state index >= 15 is 0 Å². The number of ether oxygens (including phenoxy) is 1. The Kier molecular flexibility index (Phi) is 4.56. The van der Waals surface area contributed by atoms with Crippen molar-refractivity contribution >= 4 is 0 Å². The predicted molar refractivity (Wildman–Crippen MR) is 77.6 cm³/mol. The number of aliphatic hydroxyl groups is 1. The Morgan fingerprint density at radius 2 is 1.86 bits per heavy atom. The zero-order chi connectivity index (χ0) is 15.2. The van der Waals surface area contributed by atoms with E-state index in [4.69, 9.17) is 15.3 Å². The summed E-state index contributed by atoms with van der Waals surface area (Å²) in [5, 5.41) is 27.4. The maximum atomic E-state index is 9.76. The van der Waals surface area contributed by atoms with Crippen LogP contribution in [-0.4, -0.2) is 5.11 Å². The van der Waals surface area contributed by atoms with E-state index in [1.54, 1.807) is 37.3 Å². The Hall–Kier alpha value is -2.82. The SMILES string of the molecule is C[C@H](O)c1ccc(C#N)cc1Oc1ccc(CC#N)cc1. The molecule has 2 aromatic rings. The Morgan fingerprint density at radius 3 is 2.43 bits per heavy atom. The van der Waals surface area contributed by atoms with E-state index < -0.39 is 6.10 Å². The largest absolute Gasteiger partial charge is 0.457 e. The van der Waals surface area contributed by atoms with E-state index in [0.29, 0.717) is 29.0 Å². The molecule has 4 nitrogen and oxygen atoms in total. The third-order valence-electron chi connectivity index (χ3n) is 3.03. The molecule has 0 bridgehead atoms. The fourth-order valence-electron chi connectivity index (χ4n) is 1.93. The van der Waals surface area contributed by atoms with Crippen LogP contribution in [0.15, 0.2) is 42.5 Å². The van der Waals surface area contributed by atoms with Crippen molar-refractivity contribution < 1.29 is 9.84 Å². The summed E-state index contributed by atoms with van der Waals surface area (Å²) in [5.41, 5.74) is 2.00. The van der Waals surface area contributed by atoms with Gasteiger partial charge in [-0.2, -0.15) is 10.5 Å². The Bertz CT molecular complexity index is 707. The highest BCUT2D eigenvalue weighted by Crippen LogP contribution is 2.30. The van der Waals surface area contributed by atoms with E-state index in [1.165, 1.54) is 0 Å². The number of hydrogen-bond acceptors (Lipinski definition) is 4. The zero-order valence-corrected chi connectivity index (χ0v) is 11.6. The van der Waals surface area contributed by atoms with Crippen molar-refractivity contribution in [3.63, 3.8) is 0 Å². The van der Waals surface area contributed by atoms with Crippen molar-refractivity contribution in [1.82, 2.24) is 0 Å². The van der Waals surface area contributed by atoms with Crippen molar-refractivity contribution in [1.29, 1.82) is 10.5 Å². The summed E-state index contributed by atoms with van der Waals surface area (Å²) in [5.74, 6) is 1.05. The molecular weight excluding hydrogens is 264 g/mol. The topological polar surface area (TPSA) is 77.0 Å². The van der Waals surface area contributed by atoms with E-state index in [1.807, 2.05) is 18.2 Å². The maximum absolute atomic E-state index is 9.76. The molecule has 0 fully saturated rings. The van der Waals surface area contributed by atoms with Gasteiger partial charge in [0.2, 0.25) is 0 Å². The van der Waals surface area contributed by atoms with E-state index in [9.17, 15) is 5.11 Å². The van der Waals surface area contributed by atoms with Crippen molar-refractivity contribution in [2.75, 3.05) is 0 Å². The van der Waals surface area contributed by atoms with Gasteiger partial charge < -0.3 is 9.84 Å². The van der Waals surface area contributed by atoms with Gasteiger partial charge in [0.25, 0.3) is 0 Å². The first kappa shape index (κ1) is 14.6. The minimum atomic E-state index is -0.689. The van der Waals surface area contributed by atoms with Crippen LogP contribution in [0.2, 0.25) is 0 Å². The van der Waals surface area contributed by atoms with Gasteiger partial charge in [0, 0.05) is 5.56 Å². The van der Waals surface area contributed by atoms with Gasteiger partial charge in [-0.25, -0.2) is 0 Å². The van der Waals surface area contributed by atoms with Crippen molar-refractivity contribution in [2.24, 2.45) is 0 Å². The van der Waals surface area contributed by atoms with Crippen LogP contribution in [0.5, 0.6) is 11.5 Å². The first-order valence-electron chi connectivity index (χ1n) is 6.50. The number of benzene rings is 2. The van der Waals surface area contributed by atoms with Crippen LogP contribution in [0.25, 0.3) is 0 Å². The molecule has 0 heterocycles. The fraction of sp³-hybridized carbons (Fsp3) is 0.176. The molecule has 2 aromatic carbocycles. The highest BCUT2D eigenvalue weighted by Gasteiger charge is 2.11. The number of nitriles is 2. The van der Waals surface area contributed by atoms with E-state index in [-0.39, 0.29) is 0 Å². The smallest absolute Gasteiger partial charge is 0.134 e. The molecule has 0 spiro atoms. The molecule has 0 aromatic heterocycles. The zero-order valence-electron chi connectivity index (χ0n) is 11.6. The third-order valence-corrected chi connectivity index (χ3v) is 3.03. The second-order valence-corrected chi connectivity index (χ2v) is 4.62. The molecule has 0 saturated carbocycles. The highest BCUT2D eigenvalue weighted by atomic mass is 16.5. The lowest BCUT2D eigenvalue weighted by Gasteiger charge is -2.13. The lowest BCUT2D eigenvalue weighted by molar-refractivity contribution is 0.195. The van der Waals surface area contributed by atoms with Gasteiger partial charge in [-0.3, -0.25) is 0 Å². The summed E-state index contributed by atoms with van der Waals surface area (Å²) >= 11 is 0. The molecule has 0 amide bonds. The van der Waals surface area contributed by atoms with Crippen LogP contribution >= 0.6 is 0 Å². The molecule has 2 rings (SSSR count). The van der Waals surface area contributed by atoms with Gasteiger partial charge in [0.05, 0.1) is 30.2 Å². The van der Waals surface area contributed by atoms with E-state index in [0.717, 1.165) is 5.56 Å². The summed E-state index contributed by atoms with van der Waals surface area (Å²) < 4.78 is 5.75. The monoisotopic (exact) mass is 278 g/mol. The molecule has 0 aliphatic heterocycles. The Labute approximate surface area is 123 Å². The predicted octanol–water partition coefficient (Wildman–Crippen LogP) is 3.47. The first-order chi connectivity index (χ1) is 10.1. The average molecular weight is 278 g/mol. The summed E-state index contributed by atoms with van der Waals surface area (Å²) in [7, 11) is 0. The number of hydrogen-bond donors (Lipinski definition) is 1. The summed E-state index contributed by atoms with van der Waals surface area (Å²) in [6.45, 7) is 1.64. The van der Waals surface area contributed by atoms with Gasteiger partial charge >= 0.3 is 0 Å². The van der Waals surface area contributed by atoms with Crippen LogP contribution in [-0.2, 0) is 6.42 Å². The van der Waals surface area contributed by atoms with Crippen LogP contribution in [0.3, 0.4) is 0 Å². The lowest BCUT2D eigenvalue weighted by Crippen LogP contribution is -1.97. The summed E-state index contributed by atoms with van der Waals surface area (Å²) in [4.78, 5) is 0. The molecule has 0 unspecified atom stereocenters. The van der Waals surface area contributed by atoms with Gasteiger partial charge in [-0.05, 0) is 36.8 Å². The summed E-state index contributed by atoms with van der Waals surface area (Å²) in [6.07, 6.45) is -0.339. The second-order valence-electron chi connectivity index (χ2n) is 4.62. The van der Waals surface area contributed by atoms with Crippen molar-refractivity contribution in [3.05, 3.63) is 59.2 Å². The second kappa shape index (κ2) is 6.56. The molecule has 0 aliphatic rings. The molecule has 1 N–H and O–H groups in total. The third kappa shape index (κ3) is 3.60. The first-order valence-corrected chi connectivity index (χ1v) is 6.50. The molecule has 21 heavy (non-hydrogen) atoms. The molecular formula is C17H14N2O2. The number of rotatable bonds is 4. The van der Waals surface area contributed by atoms with E-state index in [2.05, 4.69) is 6.07 Å². The van der Waals surface area contributed by atoms with Gasteiger partial charge in [-0.15, -0.1) is 0 Å². The molecule has 0 saturated heterocycles. The fourth-order valence-corrected chi connectivity index (χ4v) is 1.93. The molecule has 0 aliphatic carbocycles. The Balaban J connectivity index is 2.29. The maximum Gasteiger partial charge on any atom is 0.134 e. The number of aliphatic hydroxyl groups excluding tert-OH is 1. The quantitative estimate of drug-likeness (QED) is 0.928. The van der Waals surface area contributed by atoms with Crippen LogP contribution in [0.1, 0.15) is 29.7 Å². The highest BCUT2D eigenvalue weighted by molar-refractivity contribution is 5.45. The molecule has 1 atom stereocenters. The standard InChI is InChI=1S/C17H14N2O2/c1-12(20)16-7-4-14(11-19)10-17(16)21-15-5-2-13(3-6-15)8-9-18/h2-7,10,12,20H,8H2,1H3/t12-/m0/s1. The lowest BCUT2D eigenvalue weighted by atomic mass is 10.1. The van der Waals surface area contributed by atoms with Gasteiger partial charge in [0.15, 0.2) is 0 Å². The molecule has 0 radical (unpaired) electrons. The summed E-state index contributed by atoms with van der Waals surface area (Å²) in [6, 6.07) is 16.2. The minimum absolute atomic E-state index is 0.350. The van der Waals surface area contributed by atoms with Gasteiger partial charge in [0.1, 0.15) is 11.5 Å². The minimum Gasteiger partial charge on any atom is -0.457 e. The van der Waals surface area contributed by atoms with Crippen molar-refractivity contribution in [3.8, 4) is 23.6 Å². The average Bonchev–Trinajstić information content (AvgIpc) is 2.49.